The number of rotatable bonds is 6. The van der Waals surface area contributed by atoms with E-state index in [1.54, 1.807) is 0 Å². The lowest BCUT2D eigenvalue weighted by molar-refractivity contribution is -0.144. The first-order valence-corrected chi connectivity index (χ1v) is 10.3. The van der Waals surface area contributed by atoms with Crippen LogP contribution < -0.4 is 0 Å². The van der Waals surface area contributed by atoms with Gasteiger partial charge in [0.05, 0.1) is 5.92 Å². The molecule has 0 fully saturated rings. The van der Waals surface area contributed by atoms with Crippen LogP contribution in [-0.2, 0) is 14.3 Å². The Labute approximate surface area is 162 Å². The van der Waals surface area contributed by atoms with Crippen LogP contribution in [0.4, 0.5) is 0 Å². The average Bonchev–Trinajstić information content (AvgIpc) is 2.61. The van der Waals surface area contributed by atoms with Crippen LogP contribution in [0.5, 0.6) is 0 Å². The van der Waals surface area contributed by atoms with Gasteiger partial charge in [0.2, 0.25) is 0 Å². The van der Waals surface area contributed by atoms with Crippen LogP contribution in [0.15, 0.2) is 36.0 Å². The second-order valence-electron chi connectivity index (χ2n) is 8.80. The van der Waals surface area contributed by atoms with Crippen molar-refractivity contribution in [3.63, 3.8) is 0 Å². The number of ether oxygens (including phenoxy) is 1. The molecule has 0 aromatic carbocycles. The predicted octanol–water partition coefficient (Wildman–Crippen LogP) is 4.77. The molecule has 1 heterocycles. The summed E-state index contributed by atoms with van der Waals surface area (Å²) in [6.07, 6.45) is 14.8. The van der Waals surface area contributed by atoms with Gasteiger partial charge < -0.3 is 9.84 Å². The van der Waals surface area contributed by atoms with Crippen LogP contribution in [0.2, 0.25) is 0 Å². The van der Waals surface area contributed by atoms with Crippen molar-refractivity contribution in [1.82, 2.24) is 0 Å². The summed E-state index contributed by atoms with van der Waals surface area (Å²) in [7, 11) is 0. The van der Waals surface area contributed by atoms with Crippen molar-refractivity contribution in [1.29, 1.82) is 0 Å². The van der Waals surface area contributed by atoms with E-state index in [9.17, 15) is 14.7 Å². The molecule has 7 atom stereocenters. The summed E-state index contributed by atoms with van der Waals surface area (Å²) in [5.74, 6) is 0.995. The Morgan fingerprint density at radius 1 is 1.30 bits per heavy atom. The maximum absolute atomic E-state index is 11.5. The molecule has 148 valence electrons. The highest BCUT2D eigenvalue weighted by Crippen LogP contribution is 2.48. The second-order valence-corrected chi connectivity index (χ2v) is 8.80. The molecule has 4 nitrogen and oxygen atoms in total. The number of esters is 1. The number of allylic oxidation sites excluding steroid dienone is 4. The number of carbonyl (C=O) groups excluding carboxylic acids is 1. The molecule has 0 aromatic rings. The highest BCUT2D eigenvalue weighted by Gasteiger charge is 2.40. The monoisotopic (exact) mass is 372 g/mol. The van der Waals surface area contributed by atoms with Gasteiger partial charge in [0.15, 0.2) is 0 Å². The smallest absolute Gasteiger partial charge is 0.330 e. The lowest BCUT2D eigenvalue weighted by atomic mass is 9.60. The van der Waals surface area contributed by atoms with Gasteiger partial charge in [0.25, 0.3) is 0 Å². The Kier molecular flexibility index (Phi) is 6.23. The standard InChI is InChI=1S/C23H32O4/c1-14-11-17-8-7-15(2)20(10-9-19-5-4-6-21(24)27-19)22(17)18(12-14)13-16(3)23(25)26/h4,6-8,11,14-16,18-20,22H,5,9-10,12-13H2,1-3H3,(H,25,26)/t14-,15-,16+,18+,19-,20-,22+/m0/s1. The molecule has 2 aliphatic carbocycles. The van der Waals surface area contributed by atoms with Crippen molar-refractivity contribution in [2.24, 2.45) is 35.5 Å². The SMILES string of the molecule is C[C@H](C[C@H]1C[C@@H](C)C=C2C=C[C@H](C)[C@H](CC[C@@H]3CC=CC(=O)O3)[C@H]21)C(=O)O. The van der Waals surface area contributed by atoms with E-state index in [2.05, 4.69) is 32.1 Å². The van der Waals surface area contributed by atoms with E-state index < -0.39 is 5.97 Å². The number of aliphatic carboxylic acids is 1. The summed E-state index contributed by atoms with van der Waals surface area (Å²) in [6.45, 7) is 6.33. The number of hydrogen-bond acceptors (Lipinski definition) is 3. The summed E-state index contributed by atoms with van der Waals surface area (Å²) in [4.78, 5) is 22.9. The second kappa shape index (κ2) is 8.45. The topological polar surface area (TPSA) is 63.6 Å². The predicted molar refractivity (Wildman–Crippen MR) is 105 cm³/mol. The van der Waals surface area contributed by atoms with Crippen LogP contribution >= 0.6 is 0 Å². The summed E-state index contributed by atoms with van der Waals surface area (Å²) in [5, 5.41) is 9.41. The molecule has 3 aliphatic rings. The quantitative estimate of drug-likeness (QED) is 0.682. The van der Waals surface area contributed by atoms with E-state index >= 15 is 0 Å². The van der Waals surface area contributed by atoms with Crippen molar-refractivity contribution >= 4 is 11.9 Å². The van der Waals surface area contributed by atoms with Gasteiger partial charge >= 0.3 is 11.9 Å². The van der Waals surface area contributed by atoms with E-state index in [1.807, 2.05) is 13.0 Å². The first-order valence-electron chi connectivity index (χ1n) is 10.3. The molecule has 4 heteroatoms. The third-order valence-electron chi connectivity index (χ3n) is 6.61. The first kappa shape index (κ1) is 19.9. The number of carboxylic acid groups (broad SMARTS) is 1. The van der Waals surface area contributed by atoms with Gasteiger partial charge in [-0.3, -0.25) is 4.79 Å². The van der Waals surface area contributed by atoms with Crippen LogP contribution in [0.1, 0.15) is 52.9 Å². The van der Waals surface area contributed by atoms with Crippen molar-refractivity contribution in [3.05, 3.63) is 36.0 Å². The minimum atomic E-state index is -0.699. The van der Waals surface area contributed by atoms with E-state index in [4.69, 9.17) is 4.74 Å². The number of carbonyl (C=O) groups is 2. The largest absolute Gasteiger partial charge is 0.481 e. The van der Waals surface area contributed by atoms with Crippen LogP contribution in [0.3, 0.4) is 0 Å². The lowest BCUT2D eigenvalue weighted by Crippen LogP contribution is -2.37. The van der Waals surface area contributed by atoms with Crippen LogP contribution in [-0.4, -0.2) is 23.1 Å². The summed E-state index contributed by atoms with van der Waals surface area (Å²) in [6, 6.07) is 0. The molecule has 1 aliphatic heterocycles. The zero-order valence-corrected chi connectivity index (χ0v) is 16.6. The normalized spacial score (nSPS) is 36.6. The van der Waals surface area contributed by atoms with E-state index in [0.717, 1.165) is 32.1 Å². The van der Waals surface area contributed by atoms with Crippen molar-refractivity contribution < 1.29 is 19.4 Å². The minimum Gasteiger partial charge on any atom is -0.481 e. The molecule has 0 bridgehead atoms. The molecule has 0 saturated carbocycles. The van der Waals surface area contributed by atoms with Crippen molar-refractivity contribution in [2.75, 3.05) is 0 Å². The first-order chi connectivity index (χ1) is 12.8. The van der Waals surface area contributed by atoms with Gasteiger partial charge in [0.1, 0.15) is 6.10 Å². The molecule has 0 radical (unpaired) electrons. The summed E-state index contributed by atoms with van der Waals surface area (Å²) in [5.41, 5.74) is 1.39. The highest BCUT2D eigenvalue weighted by atomic mass is 16.5. The van der Waals surface area contributed by atoms with Crippen molar-refractivity contribution in [3.8, 4) is 0 Å². The van der Waals surface area contributed by atoms with Gasteiger partial charge in [-0.1, -0.05) is 45.1 Å². The number of carboxylic acids is 1. The molecule has 0 saturated heterocycles. The number of cyclic esters (lactones) is 1. The molecule has 1 N–H and O–H groups in total. The molecule has 0 spiro atoms. The van der Waals surface area contributed by atoms with Gasteiger partial charge in [-0.15, -0.1) is 0 Å². The highest BCUT2D eigenvalue weighted by molar-refractivity contribution is 5.82. The van der Waals surface area contributed by atoms with E-state index in [-0.39, 0.29) is 18.0 Å². The third kappa shape index (κ3) is 4.72. The van der Waals surface area contributed by atoms with Gasteiger partial charge in [-0.25, -0.2) is 4.79 Å². The Morgan fingerprint density at radius 2 is 2.07 bits per heavy atom. The fourth-order valence-corrected chi connectivity index (χ4v) is 5.26. The maximum atomic E-state index is 11.5. The van der Waals surface area contributed by atoms with Gasteiger partial charge in [-0.05, 0) is 60.8 Å². The minimum absolute atomic E-state index is 0.0213. The zero-order valence-electron chi connectivity index (χ0n) is 16.6. The summed E-state index contributed by atoms with van der Waals surface area (Å²) >= 11 is 0. The Morgan fingerprint density at radius 3 is 2.78 bits per heavy atom. The average molecular weight is 373 g/mol. The molecule has 3 rings (SSSR count). The van der Waals surface area contributed by atoms with Gasteiger partial charge in [0, 0.05) is 12.5 Å². The number of fused-ring (bicyclic) bond motifs is 1. The lowest BCUT2D eigenvalue weighted by Gasteiger charge is -2.44. The third-order valence-corrected chi connectivity index (χ3v) is 6.61. The Bertz CT molecular complexity index is 659. The number of hydrogen-bond donors (Lipinski definition) is 1. The molecular formula is C23H32O4. The van der Waals surface area contributed by atoms with Crippen LogP contribution in [0.25, 0.3) is 0 Å². The molecule has 0 amide bonds. The van der Waals surface area contributed by atoms with Crippen LogP contribution in [0, 0.1) is 35.5 Å². The fraction of sp³-hybridized carbons (Fsp3) is 0.652. The summed E-state index contributed by atoms with van der Waals surface area (Å²) < 4.78 is 5.45. The Hall–Kier alpha value is -1.84. The van der Waals surface area contributed by atoms with E-state index in [0.29, 0.717) is 29.6 Å². The molecule has 0 unspecified atom stereocenters. The van der Waals surface area contributed by atoms with Gasteiger partial charge in [-0.2, -0.15) is 0 Å². The fourth-order valence-electron chi connectivity index (χ4n) is 5.26. The Balaban J connectivity index is 1.75. The molecule has 27 heavy (non-hydrogen) atoms. The molecule has 0 aromatic heterocycles. The van der Waals surface area contributed by atoms with Crippen molar-refractivity contribution in [2.45, 2.75) is 59.0 Å². The van der Waals surface area contributed by atoms with E-state index in [1.165, 1.54) is 11.6 Å². The maximum Gasteiger partial charge on any atom is 0.330 e. The molecular weight excluding hydrogens is 340 g/mol. The zero-order chi connectivity index (χ0) is 19.6.